The van der Waals surface area contributed by atoms with Crippen molar-refractivity contribution in [1.29, 1.82) is 0 Å². The van der Waals surface area contributed by atoms with Crippen LogP contribution in [0.5, 0.6) is 11.5 Å². The third kappa shape index (κ3) is 3.89. The molecule has 0 spiro atoms. The predicted octanol–water partition coefficient (Wildman–Crippen LogP) is 3.75. The largest absolute Gasteiger partial charge is 0.454 e. The highest BCUT2D eigenvalue weighted by Crippen LogP contribution is 2.25. The number of halogens is 1. The molecule has 0 aliphatic rings. The van der Waals surface area contributed by atoms with Gasteiger partial charge in [0.1, 0.15) is 12.4 Å². The van der Waals surface area contributed by atoms with E-state index in [9.17, 15) is 9.18 Å². The van der Waals surface area contributed by atoms with Crippen LogP contribution in [0.25, 0.3) is 0 Å². The first-order chi connectivity index (χ1) is 10.1. The molecule has 0 unspecified atom stereocenters. The Morgan fingerprint density at radius 1 is 1.19 bits per heavy atom. The van der Waals surface area contributed by atoms with Crippen LogP contribution in [-0.4, -0.2) is 17.5 Å². The summed E-state index contributed by atoms with van der Waals surface area (Å²) in [5.41, 5.74) is 1.33. The second-order valence-electron chi connectivity index (χ2n) is 4.72. The van der Waals surface area contributed by atoms with E-state index in [2.05, 4.69) is 6.92 Å². The Morgan fingerprint density at radius 2 is 1.90 bits per heavy atom. The molecule has 0 fully saturated rings. The van der Waals surface area contributed by atoms with Crippen molar-refractivity contribution in [3.8, 4) is 11.5 Å². The first-order valence-electron chi connectivity index (χ1n) is 6.84. The van der Waals surface area contributed by atoms with Gasteiger partial charge in [-0.2, -0.15) is 0 Å². The smallest absolute Gasteiger partial charge is 0.188 e. The van der Waals surface area contributed by atoms with Crippen molar-refractivity contribution in [2.24, 2.45) is 0 Å². The predicted molar refractivity (Wildman–Crippen MR) is 78.3 cm³/mol. The van der Waals surface area contributed by atoms with Crippen LogP contribution >= 0.6 is 0 Å². The highest BCUT2D eigenvalue weighted by Gasteiger charge is 2.10. The van der Waals surface area contributed by atoms with Gasteiger partial charge in [0.2, 0.25) is 0 Å². The van der Waals surface area contributed by atoms with E-state index in [0.29, 0.717) is 5.75 Å². The molecular weight excluding hydrogens is 271 g/mol. The molecule has 1 N–H and O–H groups in total. The highest BCUT2D eigenvalue weighted by molar-refractivity contribution is 5.97. The van der Waals surface area contributed by atoms with Gasteiger partial charge in [0.05, 0.1) is 0 Å². The average Bonchev–Trinajstić information content (AvgIpc) is 2.50. The molecule has 21 heavy (non-hydrogen) atoms. The van der Waals surface area contributed by atoms with Gasteiger partial charge in [-0.15, -0.1) is 0 Å². The van der Waals surface area contributed by atoms with Crippen molar-refractivity contribution < 1.29 is 19.0 Å². The number of ether oxygens (including phenoxy) is 1. The van der Waals surface area contributed by atoms with Gasteiger partial charge >= 0.3 is 0 Å². The fraction of sp³-hybridized carbons (Fsp3) is 0.235. The van der Waals surface area contributed by atoms with E-state index < -0.39 is 18.2 Å². The van der Waals surface area contributed by atoms with Crippen molar-refractivity contribution in [3.05, 3.63) is 59.4 Å². The van der Waals surface area contributed by atoms with E-state index in [1.165, 1.54) is 17.7 Å². The molecule has 0 aromatic heterocycles. The summed E-state index contributed by atoms with van der Waals surface area (Å²) in [7, 11) is 0. The van der Waals surface area contributed by atoms with E-state index in [4.69, 9.17) is 9.84 Å². The van der Waals surface area contributed by atoms with Crippen molar-refractivity contribution >= 4 is 5.78 Å². The number of ketones is 1. The summed E-state index contributed by atoms with van der Waals surface area (Å²) in [6.45, 7) is 1.47. The SMILES string of the molecule is CCCc1ccc(Oc2ccc(C(=O)CO)cc2F)cc1. The topological polar surface area (TPSA) is 46.5 Å². The minimum atomic E-state index is -0.640. The number of aliphatic hydroxyl groups excluding tert-OH is 1. The molecule has 4 heteroatoms. The Hall–Kier alpha value is -2.20. The molecule has 3 nitrogen and oxygen atoms in total. The monoisotopic (exact) mass is 288 g/mol. The van der Waals surface area contributed by atoms with Crippen molar-refractivity contribution in [3.63, 3.8) is 0 Å². The molecule has 0 aliphatic carbocycles. The molecule has 2 aromatic carbocycles. The molecule has 0 radical (unpaired) electrons. The number of Topliss-reactive ketones (excluding diaryl/α,β-unsaturated/α-hetero) is 1. The van der Waals surface area contributed by atoms with Crippen molar-refractivity contribution in [2.45, 2.75) is 19.8 Å². The number of carbonyl (C=O) groups is 1. The van der Waals surface area contributed by atoms with Crippen LogP contribution in [0, 0.1) is 5.82 Å². The maximum atomic E-state index is 13.9. The molecule has 2 aromatic rings. The highest BCUT2D eigenvalue weighted by atomic mass is 19.1. The van der Waals surface area contributed by atoms with Gasteiger partial charge in [-0.1, -0.05) is 25.5 Å². The summed E-state index contributed by atoms with van der Waals surface area (Å²) < 4.78 is 19.3. The number of aryl methyl sites for hydroxylation is 1. The Labute approximate surface area is 123 Å². The number of benzene rings is 2. The van der Waals surface area contributed by atoms with Gasteiger partial charge in [0.15, 0.2) is 17.3 Å². The van der Waals surface area contributed by atoms with Crippen LogP contribution in [0.15, 0.2) is 42.5 Å². The average molecular weight is 288 g/mol. The van der Waals surface area contributed by atoms with Gasteiger partial charge < -0.3 is 9.84 Å². The molecule has 0 amide bonds. The number of hydrogen-bond donors (Lipinski definition) is 1. The normalized spacial score (nSPS) is 10.4. The third-order valence-corrected chi connectivity index (χ3v) is 3.09. The Bertz CT molecular complexity index is 620. The maximum Gasteiger partial charge on any atom is 0.188 e. The molecule has 110 valence electrons. The van der Waals surface area contributed by atoms with E-state index >= 15 is 0 Å². The van der Waals surface area contributed by atoms with Crippen LogP contribution in [0.4, 0.5) is 4.39 Å². The standard InChI is InChI=1S/C17H17FO3/c1-2-3-12-4-7-14(8-5-12)21-17-9-6-13(10-15(17)18)16(20)11-19/h4-10,19H,2-3,11H2,1H3. The Kier molecular flexibility index (Phi) is 5.06. The summed E-state index contributed by atoms with van der Waals surface area (Å²) >= 11 is 0. The second kappa shape index (κ2) is 6.99. The molecule has 0 atom stereocenters. The van der Waals surface area contributed by atoms with Gasteiger partial charge in [-0.25, -0.2) is 4.39 Å². The first-order valence-corrected chi connectivity index (χ1v) is 6.84. The summed E-state index contributed by atoms with van der Waals surface area (Å²) in [5, 5.41) is 8.75. The molecular formula is C17H17FO3. The molecule has 2 rings (SSSR count). The van der Waals surface area contributed by atoms with Gasteiger partial charge in [0.25, 0.3) is 0 Å². The van der Waals surface area contributed by atoms with Crippen molar-refractivity contribution in [2.75, 3.05) is 6.61 Å². The second-order valence-corrected chi connectivity index (χ2v) is 4.72. The van der Waals surface area contributed by atoms with E-state index in [1.54, 1.807) is 12.1 Å². The maximum absolute atomic E-state index is 13.9. The first kappa shape index (κ1) is 15.2. The number of carbonyl (C=O) groups excluding carboxylic acids is 1. The number of hydrogen-bond acceptors (Lipinski definition) is 3. The summed E-state index contributed by atoms with van der Waals surface area (Å²) in [4.78, 5) is 11.3. The lowest BCUT2D eigenvalue weighted by Gasteiger charge is -2.08. The Morgan fingerprint density at radius 3 is 2.48 bits per heavy atom. The Balaban J connectivity index is 2.14. The number of rotatable bonds is 6. The molecule has 0 saturated heterocycles. The zero-order valence-corrected chi connectivity index (χ0v) is 11.8. The fourth-order valence-electron chi connectivity index (χ4n) is 1.99. The zero-order valence-electron chi connectivity index (χ0n) is 11.8. The van der Waals surface area contributed by atoms with E-state index in [0.717, 1.165) is 18.9 Å². The van der Waals surface area contributed by atoms with Crippen LogP contribution in [0.3, 0.4) is 0 Å². The van der Waals surface area contributed by atoms with E-state index in [-0.39, 0.29) is 11.3 Å². The third-order valence-electron chi connectivity index (χ3n) is 3.09. The van der Waals surface area contributed by atoms with E-state index in [1.807, 2.05) is 12.1 Å². The lowest BCUT2D eigenvalue weighted by molar-refractivity contribution is 0.0903. The quantitative estimate of drug-likeness (QED) is 0.823. The minimum absolute atomic E-state index is 0.0488. The molecule has 0 heterocycles. The zero-order chi connectivity index (χ0) is 15.2. The molecule has 0 bridgehead atoms. The van der Waals surface area contributed by atoms with Gasteiger partial charge in [-0.05, 0) is 42.3 Å². The van der Waals surface area contributed by atoms with Crippen LogP contribution in [0.1, 0.15) is 29.3 Å². The van der Waals surface area contributed by atoms with Crippen molar-refractivity contribution in [1.82, 2.24) is 0 Å². The van der Waals surface area contributed by atoms with Crippen LogP contribution in [-0.2, 0) is 6.42 Å². The number of aliphatic hydroxyl groups is 1. The lowest BCUT2D eigenvalue weighted by atomic mass is 10.1. The molecule has 0 saturated carbocycles. The lowest BCUT2D eigenvalue weighted by Crippen LogP contribution is -2.04. The van der Waals surface area contributed by atoms with Gasteiger partial charge in [-0.3, -0.25) is 4.79 Å². The summed E-state index contributed by atoms with van der Waals surface area (Å²) in [5.74, 6) is -0.570. The molecule has 0 aliphatic heterocycles. The van der Waals surface area contributed by atoms with Crippen LogP contribution in [0.2, 0.25) is 0 Å². The van der Waals surface area contributed by atoms with Gasteiger partial charge in [0, 0.05) is 5.56 Å². The van der Waals surface area contributed by atoms with Crippen LogP contribution < -0.4 is 4.74 Å². The summed E-state index contributed by atoms with van der Waals surface area (Å²) in [6.07, 6.45) is 2.06. The minimum Gasteiger partial charge on any atom is -0.454 e. The summed E-state index contributed by atoms with van der Waals surface area (Å²) in [6, 6.07) is 11.4. The fourth-order valence-corrected chi connectivity index (χ4v) is 1.99.